The molecule has 0 bridgehead atoms. The van der Waals surface area contributed by atoms with Crippen molar-refractivity contribution in [2.24, 2.45) is 0 Å². The quantitative estimate of drug-likeness (QED) is 0.190. The number of hydrogen-bond donors (Lipinski definition) is 0. The molecule has 4 nitrogen and oxygen atoms in total. The van der Waals surface area contributed by atoms with Crippen molar-refractivity contribution in [2.45, 2.75) is 5.41 Å². The van der Waals surface area contributed by atoms with Gasteiger partial charge in [-0.05, 0) is 52.1 Å². The van der Waals surface area contributed by atoms with Crippen LogP contribution in [0.1, 0.15) is 22.4 Å². The van der Waals surface area contributed by atoms with Crippen molar-refractivity contribution in [3.05, 3.63) is 180 Å². The van der Waals surface area contributed by atoms with Gasteiger partial charge in [-0.3, -0.25) is 9.97 Å². The maximum Gasteiger partial charge on any atom is 0.0972 e. The van der Waals surface area contributed by atoms with E-state index >= 15 is 0 Å². The molecule has 4 heteroatoms. The second kappa shape index (κ2) is 9.87. The molecule has 0 radical (unpaired) electrons. The van der Waals surface area contributed by atoms with Gasteiger partial charge < -0.3 is 0 Å². The van der Waals surface area contributed by atoms with Crippen molar-refractivity contribution < 1.29 is 0 Å². The molecule has 0 fully saturated rings. The number of fused-ring (bicyclic) bond motifs is 9. The number of pyridine rings is 4. The van der Waals surface area contributed by atoms with Crippen LogP contribution in [0.25, 0.3) is 66.0 Å². The molecule has 1 aliphatic carbocycles. The number of hydrogen-bond acceptors (Lipinski definition) is 4. The lowest BCUT2D eigenvalue weighted by Gasteiger charge is -2.33. The van der Waals surface area contributed by atoms with Gasteiger partial charge in [-0.1, -0.05) is 121 Å². The lowest BCUT2D eigenvalue weighted by atomic mass is 9.69. The van der Waals surface area contributed by atoms with Gasteiger partial charge in [0.25, 0.3) is 0 Å². The molecule has 10 rings (SSSR count). The highest BCUT2D eigenvalue weighted by molar-refractivity contribution is 6.04. The minimum Gasteiger partial charge on any atom is -0.254 e. The van der Waals surface area contributed by atoms with Crippen LogP contribution in [0.5, 0.6) is 0 Å². The summed E-state index contributed by atoms with van der Waals surface area (Å²) < 4.78 is 0. The topological polar surface area (TPSA) is 51.6 Å². The van der Waals surface area contributed by atoms with Crippen molar-refractivity contribution in [1.82, 2.24) is 19.9 Å². The van der Waals surface area contributed by atoms with Gasteiger partial charge in [0.05, 0.1) is 38.9 Å². The summed E-state index contributed by atoms with van der Waals surface area (Å²) in [5, 5.41) is 4.33. The third-order valence-electron chi connectivity index (χ3n) is 9.81. The molecule has 0 amide bonds. The molecule has 1 aliphatic rings. The van der Waals surface area contributed by atoms with Gasteiger partial charge in [0.1, 0.15) is 0 Å². The Balaban J connectivity index is 1.21. The fourth-order valence-electron chi connectivity index (χ4n) is 7.68. The van der Waals surface area contributed by atoms with E-state index in [1.807, 2.05) is 24.5 Å². The lowest BCUT2D eigenvalue weighted by Crippen LogP contribution is -2.29. The summed E-state index contributed by atoms with van der Waals surface area (Å²) in [5.41, 5.74) is 12.1. The molecule has 0 saturated heterocycles. The van der Waals surface area contributed by atoms with E-state index < -0.39 is 5.41 Å². The molecule has 9 aromatic rings. The molecule has 0 aliphatic heterocycles. The molecule has 5 aromatic carbocycles. The molecule has 0 N–H and O–H groups in total. The summed E-state index contributed by atoms with van der Waals surface area (Å²) in [6, 6.07) is 51.7. The first-order valence-corrected chi connectivity index (χ1v) is 15.9. The van der Waals surface area contributed by atoms with Gasteiger partial charge in [-0.15, -0.1) is 0 Å². The van der Waals surface area contributed by atoms with Crippen molar-refractivity contribution >= 4 is 43.6 Å². The molecule has 0 spiro atoms. The summed E-state index contributed by atoms with van der Waals surface area (Å²) in [6.45, 7) is 0. The predicted octanol–water partition coefficient (Wildman–Crippen LogP) is 9.91. The molecular formula is C43H26N4. The summed E-state index contributed by atoms with van der Waals surface area (Å²) >= 11 is 0. The van der Waals surface area contributed by atoms with Crippen molar-refractivity contribution in [3.8, 4) is 22.4 Å². The number of rotatable bonds is 3. The third-order valence-corrected chi connectivity index (χ3v) is 9.81. The Bertz CT molecular complexity index is 2650. The molecule has 218 valence electrons. The zero-order valence-electron chi connectivity index (χ0n) is 25.3. The van der Waals surface area contributed by atoms with E-state index in [0.717, 1.165) is 66.1 Å². The molecule has 4 heterocycles. The van der Waals surface area contributed by atoms with Crippen LogP contribution in [-0.2, 0) is 5.41 Å². The predicted molar refractivity (Wildman–Crippen MR) is 190 cm³/mol. The van der Waals surface area contributed by atoms with Gasteiger partial charge in [-0.25, -0.2) is 9.97 Å². The Morgan fingerprint density at radius 1 is 0.383 bits per heavy atom. The summed E-state index contributed by atoms with van der Waals surface area (Å²) in [7, 11) is 0. The third kappa shape index (κ3) is 3.70. The van der Waals surface area contributed by atoms with Crippen molar-refractivity contribution in [2.75, 3.05) is 0 Å². The van der Waals surface area contributed by atoms with Crippen LogP contribution in [-0.4, -0.2) is 19.9 Å². The van der Waals surface area contributed by atoms with Crippen LogP contribution in [0.15, 0.2) is 158 Å². The largest absolute Gasteiger partial charge is 0.254 e. The highest BCUT2D eigenvalue weighted by atomic mass is 14.8. The van der Waals surface area contributed by atoms with Crippen LogP contribution < -0.4 is 0 Å². The number of nitrogens with zero attached hydrogens (tertiary/aromatic N) is 4. The Hall–Kier alpha value is -6.26. The van der Waals surface area contributed by atoms with E-state index in [-0.39, 0.29) is 0 Å². The highest BCUT2D eigenvalue weighted by Gasteiger charge is 2.47. The molecule has 0 unspecified atom stereocenters. The fourth-order valence-corrected chi connectivity index (χ4v) is 7.68. The van der Waals surface area contributed by atoms with Gasteiger partial charge in [0, 0.05) is 39.5 Å². The normalized spacial score (nSPS) is 13.3. The Kier molecular flexibility index (Phi) is 5.46. The summed E-state index contributed by atoms with van der Waals surface area (Å²) in [4.78, 5) is 20.1. The highest BCUT2D eigenvalue weighted by Crippen LogP contribution is 2.55. The average Bonchev–Trinajstić information content (AvgIpc) is 3.45. The Labute approximate surface area is 271 Å². The lowest BCUT2D eigenvalue weighted by molar-refractivity contribution is 0.740. The van der Waals surface area contributed by atoms with Gasteiger partial charge in [-0.2, -0.15) is 0 Å². The molecule has 47 heavy (non-hydrogen) atoms. The fraction of sp³-hybridized carbons (Fsp3) is 0.0233. The monoisotopic (exact) mass is 598 g/mol. The maximum absolute atomic E-state index is 5.49. The van der Waals surface area contributed by atoms with E-state index in [2.05, 4.69) is 138 Å². The number of benzene rings is 5. The van der Waals surface area contributed by atoms with Crippen LogP contribution in [0.3, 0.4) is 0 Å². The Morgan fingerprint density at radius 3 is 1.51 bits per heavy atom. The zero-order valence-corrected chi connectivity index (χ0v) is 25.3. The smallest absolute Gasteiger partial charge is 0.0972 e. The van der Waals surface area contributed by atoms with E-state index in [1.165, 1.54) is 22.3 Å². The van der Waals surface area contributed by atoms with Crippen LogP contribution in [0.4, 0.5) is 0 Å². The van der Waals surface area contributed by atoms with Crippen molar-refractivity contribution in [3.63, 3.8) is 0 Å². The molecular weight excluding hydrogens is 573 g/mol. The first kappa shape index (κ1) is 26.0. The summed E-state index contributed by atoms with van der Waals surface area (Å²) in [6.07, 6.45) is 3.69. The second-order valence-corrected chi connectivity index (χ2v) is 12.2. The SMILES string of the molecule is c1ccc2c(c1)-c1ccccc1C2(c1ccc(-c2ccc3ccc4cccnc4c3n2)cc1)c1ccc2ccc3cccnc3c2n1. The first-order valence-electron chi connectivity index (χ1n) is 15.9. The van der Waals surface area contributed by atoms with E-state index in [0.29, 0.717) is 0 Å². The van der Waals surface area contributed by atoms with Gasteiger partial charge in [0.15, 0.2) is 0 Å². The van der Waals surface area contributed by atoms with Crippen LogP contribution in [0.2, 0.25) is 0 Å². The number of aromatic nitrogens is 4. The minimum absolute atomic E-state index is 0.617. The maximum atomic E-state index is 5.49. The summed E-state index contributed by atoms with van der Waals surface area (Å²) in [5.74, 6) is 0. The Morgan fingerprint density at radius 2 is 0.894 bits per heavy atom. The minimum atomic E-state index is -0.617. The second-order valence-electron chi connectivity index (χ2n) is 12.2. The van der Waals surface area contributed by atoms with E-state index in [4.69, 9.17) is 15.0 Å². The first-order chi connectivity index (χ1) is 23.3. The van der Waals surface area contributed by atoms with Crippen LogP contribution >= 0.6 is 0 Å². The van der Waals surface area contributed by atoms with Gasteiger partial charge in [0.2, 0.25) is 0 Å². The van der Waals surface area contributed by atoms with Gasteiger partial charge >= 0.3 is 0 Å². The van der Waals surface area contributed by atoms with E-state index in [9.17, 15) is 0 Å². The zero-order chi connectivity index (χ0) is 31.0. The molecule has 0 atom stereocenters. The standard InChI is InChI=1S/C43H26N4/c1-3-11-35-33(9-1)34-10-2-4-12-36(34)43(35,38-24-20-31-16-14-29-8-6-26-45-40(29)42(31)47-38)32-21-17-27(18-22-32)37-23-19-30-15-13-28-7-5-25-44-39(28)41(30)46-37/h1-26H. The molecule has 0 saturated carbocycles. The van der Waals surface area contributed by atoms with Crippen LogP contribution in [0, 0.1) is 0 Å². The average molecular weight is 599 g/mol. The van der Waals surface area contributed by atoms with E-state index in [1.54, 1.807) is 0 Å². The molecule has 4 aromatic heterocycles. The van der Waals surface area contributed by atoms with Crippen molar-refractivity contribution in [1.29, 1.82) is 0 Å².